The standard InChI is InChI=1S/C16H17N3O4S/c1-11-8-13(22-2)14(23-3)9-12(11)10-24(20,21)16-18-17-15-6-4-5-7-19(15)16/h4-9H,10H2,1-3H3. The minimum absolute atomic E-state index is 0.0766. The molecule has 3 rings (SSSR count). The molecule has 0 aliphatic rings. The summed E-state index contributed by atoms with van der Waals surface area (Å²) < 4.78 is 37.5. The van der Waals surface area contributed by atoms with Gasteiger partial charge in [-0.2, -0.15) is 0 Å². The average Bonchev–Trinajstić information content (AvgIpc) is 3.01. The van der Waals surface area contributed by atoms with Crippen LogP contribution in [-0.2, 0) is 15.6 Å². The van der Waals surface area contributed by atoms with E-state index in [-0.39, 0.29) is 10.9 Å². The first kappa shape index (κ1) is 16.3. The van der Waals surface area contributed by atoms with Gasteiger partial charge in [-0.1, -0.05) is 6.07 Å². The lowest BCUT2D eigenvalue weighted by atomic mass is 10.1. The predicted molar refractivity (Wildman–Crippen MR) is 88.2 cm³/mol. The Morgan fingerprint density at radius 2 is 1.79 bits per heavy atom. The lowest BCUT2D eigenvalue weighted by molar-refractivity contribution is 0.354. The van der Waals surface area contributed by atoms with Crippen LogP contribution < -0.4 is 9.47 Å². The highest BCUT2D eigenvalue weighted by Crippen LogP contribution is 2.31. The quantitative estimate of drug-likeness (QED) is 0.702. The van der Waals surface area contributed by atoms with Crippen molar-refractivity contribution in [2.75, 3.05) is 14.2 Å². The molecule has 0 atom stereocenters. The number of fused-ring (bicyclic) bond motifs is 1. The first-order valence-electron chi connectivity index (χ1n) is 7.20. The van der Waals surface area contributed by atoms with E-state index in [0.29, 0.717) is 22.7 Å². The molecule has 2 aromatic heterocycles. The van der Waals surface area contributed by atoms with E-state index in [1.165, 1.54) is 18.6 Å². The SMILES string of the molecule is COc1cc(C)c(CS(=O)(=O)c2nnc3ccccn23)cc1OC. The molecule has 1 aromatic carbocycles. The Balaban J connectivity index is 2.04. The lowest BCUT2D eigenvalue weighted by Gasteiger charge is -2.12. The second-order valence-electron chi connectivity index (χ2n) is 5.30. The van der Waals surface area contributed by atoms with Crippen LogP contribution in [0.15, 0.2) is 41.7 Å². The van der Waals surface area contributed by atoms with Crippen LogP contribution in [0.5, 0.6) is 11.5 Å². The van der Waals surface area contributed by atoms with Crippen LogP contribution in [0.4, 0.5) is 0 Å². The third-order valence-corrected chi connectivity index (χ3v) is 5.27. The number of ether oxygens (including phenoxy) is 2. The third kappa shape index (κ3) is 2.80. The van der Waals surface area contributed by atoms with Crippen molar-refractivity contribution in [1.29, 1.82) is 0 Å². The van der Waals surface area contributed by atoms with E-state index in [9.17, 15) is 8.42 Å². The zero-order chi connectivity index (χ0) is 17.3. The highest BCUT2D eigenvalue weighted by molar-refractivity contribution is 7.90. The molecule has 3 aromatic rings. The van der Waals surface area contributed by atoms with Crippen LogP contribution in [0.25, 0.3) is 5.65 Å². The van der Waals surface area contributed by atoms with Gasteiger partial charge in [-0.15, -0.1) is 10.2 Å². The van der Waals surface area contributed by atoms with Gasteiger partial charge < -0.3 is 9.47 Å². The Morgan fingerprint density at radius 3 is 2.50 bits per heavy atom. The molecule has 0 radical (unpaired) electrons. The smallest absolute Gasteiger partial charge is 0.254 e. The van der Waals surface area contributed by atoms with Gasteiger partial charge in [0.25, 0.3) is 5.16 Å². The number of hydrogen-bond acceptors (Lipinski definition) is 6. The number of sulfone groups is 1. The van der Waals surface area contributed by atoms with Gasteiger partial charge in [0.2, 0.25) is 9.84 Å². The fraction of sp³-hybridized carbons (Fsp3) is 0.250. The maximum atomic E-state index is 12.8. The molecular formula is C16H17N3O4S. The van der Waals surface area contributed by atoms with Gasteiger partial charge in [-0.05, 0) is 42.3 Å². The Bertz CT molecular complexity index is 996. The third-order valence-electron chi connectivity index (χ3n) is 3.75. The number of methoxy groups -OCH3 is 2. The molecule has 0 saturated carbocycles. The number of nitrogens with zero attached hydrogens (tertiary/aromatic N) is 3. The van der Waals surface area contributed by atoms with Crippen molar-refractivity contribution in [3.05, 3.63) is 47.7 Å². The van der Waals surface area contributed by atoms with E-state index in [2.05, 4.69) is 10.2 Å². The highest BCUT2D eigenvalue weighted by atomic mass is 32.2. The van der Waals surface area contributed by atoms with Crippen molar-refractivity contribution in [2.45, 2.75) is 17.8 Å². The van der Waals surface area contributed by atoms with E-state index in [4.69, 9.17) is 9.47 Å². The molecular weight excluding hydrogens is 330 g/mol. The lowest BCUT2D eigenvalue weighted by Crippen LogP contribution is -2.10. The van der Waals surface area contributed by atoms with E-state index >= 15 is 0 Å². The van der Waals surface area contributed by atoms with E-state index in [0.717, 1.165) is 5.56 Å². The Morgan fingerprint density at radius 1 is 1.08 bits per heavy atom. The zero-order valence-electron chi connectivity index (χ0n) is 13.6. The first-order chi connectivity index (χ1) is 11.5. The fourth-order valence-electron chi connectivity index (χ4n) is 2.48. The largest absolute Gasteiger partial charge is 0.493 e. The van der Waals surface area contributed by atoms with E-state index in [1.54, 1.807) is 36.5 Å². The molecule has 0 fully saturated rings. The molecule has 0 amide bonds. The fourth-order valence-corrected chi connectivity index (χ4v) is 3.95. The maximum Gasteiger partial charge on any atom is 0.254 e. The van der Waals surface area contributed by atoms with Crippen molar-refractivity contribution in [3.8, 4) is 11.5 Å². The molecule has 0 aliphatic heterocycles. The van der Waals surface area contributed by atoms with Gasteiger partial charge in [0.1, 0.15) is 0 Å². The highest BCUT2D eigenvalue weighted by Gasteiger charge is 2.24. The predicted octanol–water partition coefficient (Wildman–Crippen LogP) is 2.03. The maximum absolute atomic E-state index is 12.8. The summed E-state index contributed by atoms with van der Waals surface area (Å²) in [6, 6.07) is 8.64. The molecule has 126 valence electrons. The van der Waals surface area contributed by atoms with E-state index < -0.39 is 9.84 Å². The normalized spacial score (nSPS) is 11.6. The van der Waals surface area contributed by atoms with Crippen LogP contribution >= 0.6 is 0 Å². The molecule has 2 heterocycles. The average molecular weight is 347 g/mol. The number of aromatic nitrogens is 3. The summed E-state index contributed by atoms with van der Waals surface area (Å²) >= 11 is 0. The van der Waals surface area contributed by atoms with Gasteiger partial charge in [-0.25, -0.2) is 8.42 Å². The molecule has 7 nitrogen and oxygen atoms in total. The van der Waals surface area contributed by atoms with E-state index in [1.807, 2.05) is 6.92 Å². The van der Waals surface area contributed by atoms with Crippen LogP contribution in [0.3, 0.4) is 0 Å². The van der Waals surface area contributed by atoms with Crippen LogP contribution in [0, 0.1) is 6.92 Å². The molecule has 0 N–H and O–H groups in total. The van der Waals surface area contributed by atoms with Crippen LogP contribution in [0.1, 0.15) is 11.1 Å². The number of hydrogen-bond donors (Lipinski definition) is 0. The van der Waals surface area contributed by atoms with Gasteiger partial charge in [0.05, 0.1) is 20.0 Å². The van der Waals surface area contributed by atoms with Crippen LogP contribution in [0.2, 0.25) is 0 Å². The molecule has 0 unspecified atom stereocenters. The monoisotopic (exact) mass is 347 g/mol. The molecule has 8 heteroatoms. The number of aryl methyl sites for hydroxylation is 1. The second-order valence-corrected chi connectivity index (χ2v) is 7.19. The van der Waals surface area contributed by atoms with Gasteiger partial charge in [-0.3, -0.25) is 4.40 Å². The molecule has 0 saturated heterocycles. The summed E-state index contributed by atoms with van der Waals surface area (Å²) in [6.45, 7) is 1.83. The second kappa shape index (κ2) is 6.12. The summed E-state index contributed by atoms with van der Waals surface area (Å²) in [5.41, 5.74) is 1.91. The van der Waals surface area contributed by atoms with Gasteiger partial charge in [0.15, 0.2) is 17.1 Å². The minimum atomic E-state index is -3.67. The number of benzene rings is 1. The summed E-state index contributed by atoms with van der Waals surface area (Å²) in [5, 5.41) is 7.66. The van der Waals surface area contributed by atoms with Crippen molar-refractivity contribution in [2.24, 2.45) is 0 Å². The zero-order valence-corrected chi connectivity index (χ0v) is 14.4. The molecule has 0 bridgehead atoms. The van der Waals surface area contributed by atoms with Gasteiger partial charge in [0, 0.05) is 6.20 Å². The van der Waals surface area contributed by atoms with Crippen LogP contribution in [-0.4, -0.2) is 37.2 Å². The minimum Gasteiger partial charge on any atom is -0.493 e. The Kier molecular flexibility index (Phi) is 4.15. The Hall–Kier alpha value is -2.61. The van der Waals surface area contributed by atoms with Gasteiger partial charge >= 0.3 is 0 Å². The molecule has 24 heavy (non-hydrogen) atoms. The number of pyridine rings is 1. The topological polar surface area (TPSA) is 82.8 Å². The van der Waals surface area contributed by atoms with Crippen molar-refractivity contribution < 1.29 is 17.9 Å². The van der Waals surface area contributed by atoms with Crippen molar-refractivity contribution >= 4 is 15.5 Å². The number of rotatable bonds is 5. The summed E-state index contributed by atoms with van der Waals surface area (Å²) in [7, 11) is -0.622. The van der Waals surface area contributed by atoms with Crippen molar-refractivity contribution in [3.63, 3.8) is 0 Å². The molecule has 0 spiro atoms. The summed E-state index contributed by atoms with van der Waals surface area (Å²) in [4.78, 5) is 0. The summed E-state index contributed by atoms with van der Waals surface area (Å²) in [6.07, 6.45) is 1.63. The summed E-state index contributed by atoms with van der Waals surface area (Å²) in [5.74, 6) is 0.845. The molecule has 0 aliphatic carbocycles. The first-order valence-corrected chi connectivity index (χ1v) is 8.85. The Labute approximate surface area is 139 Å². The van der Waals surface area contributed by atoms with Crippen molar-refractivity contribution in [1.82, 2.24) is 14.6 Å².